The van der Waals surface area contributed by atoms with Crippen LogP contribution in [0.5, 0.6) is 0 Å². The zero-order chi connectivity index (χ0) is 17.3. The number of aromatic nitrogens is 1. The van der Waals surface area contributed by atoms with Crippen molar-refractivity contribution in [3.05, 3.63) is 40.7 Å². The summed E-state index contributed by atoms with van der Waals surface area (Å²) >= 11 is 0. The lowest BCUT2D eigenvalue weighted by molar-refractivity contribution is -0.124. The van der Waals surface area contributed by atoms with Gasteiger partial charge in [-0.1, -0.05) is 6.07 Å². The van der Waals surface area contributed by atoms with Gasteiger partial charge in [0.1, 0.15) is 0 Å². The van der Waals surface area contributed by atoms with Gasteiger partial charge in [0, 0.05) is 12.1 Å². The van der Waals surface area contributed by atoms with Crippen molar-refractivity contribution in [3.63, 3.8) is 0 Å². The van der Waals surface area contributed by atoms with E-state index in [1.807, 2.05) is 0 Å². The largest absolute Gasteiger partial charge is 0.345 e. The van der Waals surface area contributed by atoms with Crippen LogP contribution in [-0.4, -0.2) is 23.4 Å². The van der Waals surface area contributed by atoms with E-state index in [4.69, 9.17) is 0 Å². The summed E-state index contributed by atoms with van der Waals surface area (Å²) in [6, 6.07) is 4.40. The van der Waals surface area contributed by atoms with Gasteiger partial charge < -0.3 is 15.0 Å². The van der Waals surface area contributed by atoms with Crippen molar-refractivity contribution in [2.24, 2.45) is 17.8 Å². The molecule has 4 nitrogen and oxygen atoms in total. The topological polar surface area (TPSA) is 45.5 Å². The van der Waals surface area contributed by atoms with Crippen LogP contribution in [0.4, 0.5) is 0 Å². The molecule has 2 N–H and O–H groups in total. The Labute approximate surface area is 149 Å². The summed E-state index contributed by atoms with van der Waals surface area (Å²) in [6.45, 7) is 8.55. The van der Waals surface area contributed by atoms with Crippen LogP contribution in [0.3, 0.4) is 0 Å². The van der Waals surface area contributed by atoms with Crippen LogP contribution < -0.4 is 10.6 Å². The Hall–Kier alpha value is -1.81. The molecule has 2 aromatic rings. The molecular weight excluding hydrogens is 310 g/mol. The summed E-state index contributed by atoms with van der Waals surface area (Å²) in [5, 5.41) is 6.76. The van der Waals surface area contributed by atoms with Crippen molar-refractivity contribution in [1.82, 2.24) is 15.0 Å². The fourth-order valence-electron chi connectivity index (χ4n) is 5.57. The number of hydrogen-bond acceptors (Lipinski definition) is 2. The molecule has 1 amide bonds. The van der Waals surface area contributed by atoms with E-state index in [1.165, 1.54) is 34.3 Å². The first-order valence-electron chi connectivity index (χ1n) is 9.63. The summed E-state index contributed by atoms with van der Waals surface area (Å²) < 4.78 is 2.34. The summed E-state index contributed by atoms with van der Waals surface area (Å²) in [7, 11) is 0. The molecule has 25 heavy (non-hydrogen) atoms. The number of pyridine rings is 1. The van der Waals surface area contributed by atoms with Crippen molar-refractivity contribution < 1.29 is 4.79 Å². The predicted molar refractivity (Wildman–Crippen MR) is 98.7 cm³/mol. The number of nitrogens with one attached hydrogen (secondary N) is 2. The number of nitrogens with zero attached hydrogens (tertiary/aromatic N) is 1. The molecule has 1 saturated heterocycles. The van der Waals surface area contributed by atoms with Gasteiger partial charge in [0.05, 0.1) is 16.7 Å². The first-order valence-corrected chi connectivity index (χ1v) is 9.63. The average Bonchev–Trinajstić information content (AvgIpc) is 2.91. The molecule has 3 heterocycles. The molecule has 0 spiro atoms. The lowest BCUT2D eigenvalue weighted by Crippen LogP contribution is -2.44. The Bertz CT molecular complexity index is 869. The fraction of sp³-hybridized carbons (Fsp3) is 0.571. The van der Waals surface area contributed by atoms with Crippen molar-refractivity contribution >= 4 is 11.4 Å². The molecule has 2 aromatic heterocycles. The van der Waals surface area contributed by atoms with Crippen molar-refractivity contribution in [2.45, 2.75) is 45.6 Å². The van der Waals surface area contributed by atoms with Gasteiger partial charge in [0.25, 0.3) is 0 Å². The van der Waals surface area contributed by atoms with E-state index in [1.54, 1.807) is 0 Å². The lowest BCUT2D eigenvalue weighted by Gasteiger charge is -2.28. The van der Waals surface area contributed by atoms with Crippen LogP contribution in [-0.2, 0) is 23.2 Å². The molecule has 2 aliphatic carbocycles. The molecule has 5 rings (SSSR count). The second-order valence-corrected chi connectivity index (χ2v) is 8.68. The van der Waals surface area contributed by atoms with Crippen LogP contribution in [0.1, 0.15) is 42.7 Å². The molecule has 4 heteroatoms. The molecule has 0 bridgehead atoms. The van der Waals surface area contributed by atoms with Crippen molar-refractivity contribution in [1.29, 1.82) is 0 Å². The Morgan fingerprint density at radius 1 is 1.28 bits per heavy atom. The average molecular weight is 337 g/mol. The van der Waals surface area contributed by atoms with Crippen LogP contribution in [0.25, 0.3) is 5.52 Å². The smallest absolute Gasteiger partial charge is 0.224 e. The number of carbonyl (C=O) groups is 1. The van der Waals surface area contributed by atoms with Crippen LogP contribution in [0, 0.1) is 24.7 Å². The zero-order valence-corrected chi connectivity index (χ0v) is 15.4. The molecular formula is C21H27N3O. The Balaban J connectivity index is 1.53. The number of piperidine rings is 1. The SMILES string of the molecule is Cc1c2c3c(cccn3c1C(C)(C)NC(=O)[C@H]1[C@@H]3CNC[C@@H]31)CCC2. The minimum absolute atomic E-state index is 0.220. The van der Waals surface area contributed by atoms with Gasteiger partial charge in [-0.2, -0.15) is 0 Å². The van der Waals surface area contributed by atoms with Crippen LogP contribution in [0.15, 0.2) is 18.3 Å². The number of carbonyl (C=O) groups excluding carboxylic acids is 1. The number of aryl methyl sites for hydroxylation is 2. The van der Waals surface area contributed by atoms with E-state index in [-0.39, 0.29) is 17.4 Å². The maximum Gasteiger partial charge on any atom is 0.224 e. The van der Waals surface area contributed by atoms with E-state index in [2.05, 4.69) is 54.1 Å². The second-order valence-electron chi connectivity index (χ2n) is 8.68. The highest BCUT2D eigenvalue weighted by atomic mass is 16.2. The summed E-state index contributed by atoms with van der Waals surface area (Å²) in [6.07, 6.45) is 5.70. The number of fused-ring (bicyclic) bond motifs is 1. The minimum atomic E-state index is -0.365. The molecule has 1 aliphatic heterocycles. The fourth-order valence-corrected chi connectivity index (χ4v) is 5.57. The van der Waals surface area contributed by atoms with Crippen LogP contribution >= 0.6 is 0 Å². The van der Waals surface area contributed by atoms with E-state index in [0.29, 0.717) is 11.8 Å². The van der Waals surface area contributed by atoms with Gasteiger partial charge in [-0.3, -0.25) is 4.79 Å². The first-order chi connectivity index (χ1) is 12.0. The van der Waals surface area contributed by atoms with E-state index >= 15 is 0 Å². The van der Waals surface area contributed by atoms with Gasteiger partial charge in [0.15, 0.2) is 0 Å². The zero-order valence-electron chi connectivity index (χ0n) is 15.4. The maximum atomic E-state index is 12.9. The first kappa shape index (κ1) is 15.4. The summed E-state index contributed by atoms with van der Waals surface area (Å²) in [4.78, 5) is 12.9. The molecule has 0 unspecified atom stereocenters. The number of rotatable bonds is 3. The van der Waals surface area contributed by atoms with Crippen LogP contribution in [0.2, 0.25) is 0 Å². The van der Waals surface area contributed by atoms with Gasteiger partial charge in [0.2, 0.25) is 5.91 Å². The highest BCUT2D eigenvalue weighted by Crippen LogP contribution is 2.49. The highest BCUT2D eigenvalue weighted by molar-refractivity contribution is 5.83. The van der Waals surface area contributed by atoms with Gasteiger partial charge >= 0.3 is 0 Å². The molecule has 3 atom stereocenters. The van der Waals surface area contributed by atoms with Gasteiger partial charge in [-0.25, -0.2) is 0 Å². The third kappa shape index (κ3) is 2.13. The molecule has 0 radical (unpaired) electrons. The van der Waals surface area contributed by atoms with E-state index < -0.39 is 0 Å². The molecule has 0 aromatic carbocycles. The quantitative estimate of drug-likeness (QED) is 0.904. The second kappa shape index (κ2) is 5.10. The lowest BCUT2D eigenvalue weighted by atomic mass is 9.91. The Morgan fingerprint density at radius 2 is 2.04 bits per heavy atom. The van der Waals surface area contributed by atoms with Gasteiger partial charge in [-0.15, -0.1) is 0 Å². The number of amides is 1. The van der Waals surface area contributed by atoms with E-state index in [9.17, 15) is 4.79 Å². The summed E-state index contributed by atoms with van der Waals surface area (Å²) in [5.41, 5.74) is 6.55. The third-order valence-electron chi connectivity index (χ3n) is 6.71. The molecule has 1 saturated carbocycles. The van der Waals surface area contributed by atoms with Gasteiger partial charge in [-0.05, 0) is 87.7 Å². The molecule has 2 fully saturated rings. The van der Waals surface area contributed by atoms with Crippen molar-refractivity contribution in [3.8, 4) is 0 Å². The number of hydrogen-bond donors (Lipinski definition) is 2. The standard InChI is InChI=1S/C21H27N3O/c1-12-14-8-4-6-13-7-5-9-24(18(13)14)19(12)21(2,3)23-20(25)17-15-10-22-11-16(15)17/h5,7,9,15-17,22H,4,6,8,10-11H2,1-3H3,(H,23,25)/t15-,16+,17+. The molecule has 132 valence electrons. The monoisotopic (exact) mass is 337 g/mol. The maximum absolute atomic E-state index is 12.9. The third-order valence-corrected chi connectivity index (χ3v) is 6.71. The normalized spacial score (nSPS) is 27.4. The predicted octanol–water partition coefficient (Wildman–Crippen LogP) is 2.55. The molecule has 3 aliphatic rings. The minimum Gasteiger partial charge on any atom is -0.345 e. The Morgan fingerprint density at radius 3 is 2.80 bits per heavy atom. The highest BCUT2D eigenvalue weighted by Gasteiger charge is 2.57. The van der Waals surface area contributed by atoms with E-state index in [0.717, 1.165) is 25.9 Å². The van der Waals surface area contributed by atoms with Crippen molar-refractivity contribution in [2.75, 3.05) is 13.1 Å². The summed E-state index contributed by atoms with van der Waals surface area (Å²) in [5.74, 6) is 1.58. The Kier molecular flexibility index (Phi) is 3.15.